The monoisotopic (exact) mass is 202 g/mol. The maximum absolute atomic E-state index is 10.1. The number of hydrogen-bond acceptors (Lipinski definition) is 2. The first kappa shape index (κ1) is 13.9. The van der Waals surface area contributed by atoms with E-state index in [9.17, 15) is 5.11 Å². The summed E-state index contributed by atoms with van der Waals surface area (Å²) in [5.74, 6) is 0.409. The molecule has 0 aliphatic carbocycles. The second-order valence-electron chi connectivity index (χ2n) is 4.39. The van der Waals surface area contributed by atoms with Crippen molar-refractivity contribution >= 4 is 0 Å². The van der Waals surface area contributed by atoms with E-state index in [-0.39, 0.29) is 0 Å². The number of aliphatic hydroxyl groups excluding tert-OH is 1. The van der Waals surface area contributed by atoms with Crippen molar-refractivity contribution in [2.45, 2.75) is 64.9 Å². The van der Waals surface area contributed by atoms with Crippen LogP contribution in [0.1, 0.15) is 59.3 Å². The summed E-state index contributed by atoms with van der Waals surface area (Å²) in [6.45, 7) is 6.41. The summed E-state index contributed by atoms with van der Waals surface area (Å²) in [6.07, 6.45) is 6.04. The molecule has 0 amide bonds. The fourth-order valence-corrected chi connectivity index (χ4v) is 1.92. The summed E-state index contributed by atoms with van der Waals surface area (Å²) in [4.78, 5) is 0. The molecule has 2 unspecified atom stereocenters. The van der Waals surface area contributed by atoms with E-state index in [1.807, 2.05) is 13.8 Å². The highest BCUT2D eigenvalue weighted by Gasteiger charge is 2.27. The summed E-state index contributed by atoms with van der Waals surface area (Å²) < 4.78 is 0. The number of aliphatic hydroxyl groups is 2. The lowest BCUT2D eigenvalue weighted by atomic mass is 9.81. The second kappa shape index (κ2) is 7.24. The van der Waals surface area contributed by atoms with Crippen molar-refractivity contribution in [3.63, 3.8) is 0 Å². The van der Waals surface area contributed by atoms with Crippen LogP contribution in [0.4, 0.5) is 0 Å². The third-order valence-corrected chi connectivity index (χ3v) is 3.30. The average Bonchev–Trinajstić information content (AvgIpc) is 2.17. The highest BCUT2D eigenvalue weighted by molar-refractivity contribution is 4.79. The van der Waals surface area contributed by atoms with E-state index in [0.29, 0.717) is 12.5 Å². The first-order chi connectivity index (χ1) is 6.58. The molecule has 2 atom stereocenters. The normalized spacial score (nSPS) is 17.8. The van der Waals surface area contributed by atoms with Crippen LogP contribution >= 0.6 is 0 Å². The third kappa shape index (κ3) is 4.97. The van der Waals surface area contributed by atoms with Gasteiger partial charge in [-0.1, -0.05) is 33.1 Å². The van der Waals surface area contributed by atoms with Crippen molar-refractivity contribution in [2.24, 2.45) is 5.92 Å². The summed E-state index contributed by atoms with van der Waals surface area (Å²) in [6, 6.07) is 0. The Morgan fingerprint density at radius 1 is 1.14 bits per heavy atom. The predicted octanol–water partition coefficient (Wildman–Crippen LogP) is 2.73. The Morgan fingerprint density at radius 2 is 1.79 bits per heavy atom. The Morgan fingerprint density at radius 3 is 2.21 bits per heavy atom. The standard InChI is InChI=1S/C12H26O2/c1-4-11(12(3,14)5-2)9-7-6-8-10-13/h11,13-14H,4-10H2,1-3H3. The molecule has 14 heavy (non-hydrogen) atoms. The van der Waals surface area contributed by atoms with Gasteiger partial charge in [-0.05, 0) is 32.1 Å². The molecule has 0 saturated heterocycles. The first-order valence-electron chi connectivity index (χ1n) is 5.91. The highest BCUT2D eigenvalue weighted by atomic mass is 16.3. The molecule has 0 bridgehead atoms. The van der Waals surface area contributed by atoms with Crippen LogP contribution in [0.5, 0.6) is 0 Å². The fourth-order valence-electron chi connectivity index (χ4n) is 1.92. The van der Waals surface area contributed by atoms with Crippen molar-refractivity contribution in [1.29, 1.82) is 0 Å². The second-order valence-corrected chi connectivity index (χ2v) is 4.39. The molecule has 0 aliphatic heterocycles. The zero-order valence-corrected chi connectivity index (χ0v) is 9.92. The van der Waals surface area contributed by atoms with Crippen molar-refractivity contribution in [3.8, 4) is 0 Å². The van der Waals surface area contributed by atoms with Crippen molar-refractivity contribution in [1.82, 2.24) is 0 Å². The lowest BCUT2D eigenvalue weighted by molar-refractivity contribution is -0.0108. The van der Waals surface area contributed by atoms with Gasteiger partial charge in [-0.15, -0.1) is 0 Å². The van der Waals surface area contributed by atoms with Gasteiger partial charge in [-0.25, -0.2) is 0 Å². The molecule has 0 spiro atoms. The van der Waals surface area contributed by atoms with Gasteiger partial charge in [0.1, 0.15) is 0 Å². The maximum Gasteiger partial charge on any atom is 0.0645 e. The maximum atomic E-state index is 10.1. The largest absolute Gasteiger partial charge is 0.396 e. The lowest BCUT2D eigenvalue weighted by Gasteiger charge is -2.31. The van der Waals surface area contributed by atoms with E-state index < -0.39 is 5.60 Å². The Balaban J connectivity index is 3.79. The quantitative estimate of drug-likeness (QED) is 0.594. The molecule has 0 radical (unpaired) electrons. The van der Waals surface area contributed by atoms with Crippen LogP contribution in [0.15, 0.2) is 0 Å². The van der Waals surface area contributed by atoms with Gasteiger partial charge in [-0.3, -0.25) is 0 Å². The molecule has 0 aromatic rings. The molecule has 0 rings (SSSR count). The topological polar surface area (TPSA) is 40.5 Å². The van der Waals surface area contributed by atoms with Gasteiger partial charge < -0.3 is 10.2 Å². The van der Waals surface area contributed by atoms with Gasteiger partial charge in [0, 0.05) is 6.61 Å². The van der Waals surface area contributed by atoms with Crippen LogP contribution in [0.25, 0.3) is 0 Å². The molecule has 86 valence electrons. The molecule has 2 heteroatoms. The minimum Gasteiger partial charge on any atom is -0.396 e. The van der Waals surface area contributed by atoms with E-state index in [2.05, 4.69) is 6.92 Å². The van der Waals surface area contributed by atoms with Crippen molar-refractivity contribution in [2.75, 3.05) is 6.61 Å². The summed E-state index contributed by atoms with van der Waals surface area (Å²) in [5, 5.41) is 18.7. The molecule has 2 nitrogen and oxygen atoms in total. The molecule has 0 saturated carbocycles. The van der Waals surface area contributed by atoms with Gasteiger partial charge in [0.2, 0.25) is 0 Å². The number of rotatable bonds is 8. The SMILES string of the molecule is CCC(CCCCCO)C(C)(O)CC. The third-order valence-electron chi connectivity index (χ3n) is 3.30. The molecule has 0 heterocycles. The molecule has 0 aromatic heterocycles. The van der Waals surface area contributed by atoms with Crippen LogP contribution in [-0.2, 0) is 0 Å². The van der Waals surface area contributed by atoms with E-state index in [1.165, 1.54) is 0 Å². The summed E-state index contributed by atoms with van der Waals surface area (Å²) in [5.41, 5.74) is -0.506. The minimum atomic E-state index is -0.506. The van der Waals surface area contributed by atoms with E-state index >= 15 is 0 Å². The molecule has 0 fully saturated rings. The minimum absolute atomic E-state index is 0.293. The van der Waals surface area contributed by atoms with Crippen LogP contribution in [0.3, 0.4) is 0 Å². The Kier molecular flexibility index (Phi) is 7.20. The van der Waals surface area contributed by atoms with Gasteiger partial charge in [-0.2, -0.15) is 0 Å². The van der Waals surface area contributed by atoms with Crippen LogP contribution in [0.2, 0.25) is 0 Å². The van der Waals surface area contributed by atoms with Gasteiger partial charge in [0.25, 0.3) is 0 Å². The van der Waals surface area contributed by atoms with Gasteiger partial charge in [0.15, 0.2) is 0 Å². The number of unbranched alkanes of at least 4 members (excludes halogenated alkanes) is 2. The van der Waals surface area contributed by atoms with Gasteiger partial charge >= 0.3 is 0 Å². The van der Waals surface area contributed by atoms with Crippen molar-refractivity contribution in [3.05, 3.63) is 0 Å². The highest BCUT2D eigenvalue weighted by Crippen LogP contribution is 2.28. The fraction of sp³-hybridized carbons (Fsp3) is 1.00. The van der Waals surface area contributed by atoms with E-state index in [0.717, 1.165) is 38.5 Å². The van der Waals surface area contributed by atoms with Crippen molar-refractivity contribution < 1.29 is 10.2 Å². The summed E-state index contributed by atoms with van der Waals surface area (Å²) >= 11 is 0. The smallest absolute Gasteiger partial charge is 0.0645 e. The molecule has 2 N–H and O–H groups in total. The van der Waals surface area contributed by atoms with Crippen LogP contribution in [-0.4, -0.2) is 22.4 Å². The molecular weight excluding hydrogens is 176 g/mol. The van der Waals surface area contributed by atoms with Crippen LogP contribution in [0, 0.1) is 5.92 Å². The van der Waals surface area contributed by atoms with E-state index in [1.54, 1.807) is 0 Å². The predicted molar refractivity (Wildman–Crippen MR) is 60.2 cm³/mol. The van der Waals surface area contributed by atoms with Gasteiger partial charge in [0.05, 0.1) is 5.60 Å². The van der Waals surface area contributed by atoms with Crippen LogP contribution < -0.4 is 0 Å². The zero-order valence-electron chi connectivity index (χ0n) is 9.92. The molecule has 0 aromatic carbocycles. The molecule has 0 aliphatic rings. The first-order valence-corrected chi connectivity index (χ1v) is 5.91. The zero-order chi connectivity index (χ0) is 11.0. The van der Waals surface area contributed by atoms with E-state index in [4.69, 9.17) is 5.11 Å². The Bertz CT molecular complexity index is 132. The Hall–Kier alpha value is -0.0800. The average molecular weight is 202 g/mol. The Labute approximate surface area is 88.3 Å². The molecular formula is C12H26O2. The summed E-state index contributed by atoms with van der Waals surface area (Å²) in [7, 11) is 0. The number of hydrogen-bond donors (Lipinski definition) is 2. The lowest BCUT2D eigenvalue weighted by Crippen LogP contribution is -2.33.